The number of hydrogen-bond acceptors (Lipinski definition) is 4. The predicted octanol–water partition coefficient (Wildman–Crippen LogP) is 1.31. The van der Waals surface area contributed by atoms with Crippen LogP contribution in [0, 0.1) is 0 Å². The van der Waals surface area contributed by atoms with Crippen LogP contribution < -0.4 is 10.6 Å². The number of hydrogen-bond donors (Lipinski definition) is 1. The van der Waals surface area contributed by atoms with Gasteiger partial charge in [0.05, 0.1) is 0 Å². The van der Waals surface area contributed by atoms with Crippen molar-refractivity contribution in [2.45, 2.75) is 38.8 Å². The highest BCUT2D eigenvalue weighted by Crippen LogP contribution is 2.16. The summed E-state index contributed by atoms with van der Waals surface area (Å²) in [5, 5.41) is 0. The van der Waals surface area contributed by atoms with E-state index in [0.29, 0.717) is 25.6 Å². The van der Waals surface area contributed by atoms with Gasteiger partial charge >= 0.3 is 0 Å². The van der Waals surface area contributed by atoms with Crippen LogP contribution in [0.25, 0.3) is 0 Å². The summed E-state index contributed by atoms with van der Waals surface area (Å²) in [7, 11) is 2.02. The van der Waals surface area contributed by atoms with Crippen LogP contribution in [0.5, 0.6) is 0 Å². The Kier molecular flexibility index (Phi) is 6.82. The monoisotopic (exact) mass is 346 g/mol. The minimum atomic E-state index is -0.518. The van der Waals surface area contributed by atoms with Crippen LogP contribution in [0.2, 0.25) is 0 Å². The van der Waals surface area contributed by atoms with Gasteiger partial charge in [0.1, 0.15) is 6.04 Å². The lowest BCUT2D eigenvalue weighted by Crippen LogP contribution is -2.61. The van der Waals surface area contributed by atoms with Crippen molar-refractivity contribution in [3.63, 3.8) is 0 Å². The summed E-state index contributed by atoms with van der Waals surface area (Å²) < 4.78 is 0. The van der Waals surface area contributed by atoms with Crippen molar-refractivity contribution in [2.24, 2.45) is 5.73 Å². The molecule has 6 heteroatoms. The topological polar surface area (TPSA) is 69.9 Å². The maximum atomic E-state index is 12.6. The number of rotatable bonds is 7. The third-order valence-corrected chi connectivity index (χ3v) is 4.87. The molecule has 0 spiro atoms. The quantitative estimate of drug-likeness (QED) is 0.808. The summed E-state index contributed by atoms with van der Waals surface area (Å²) >= 11 is 0. The Balaban J connectivity index is 1.86. The molecule has 1 saturated heterocycles. The fourth-order valence-corrected chi connectivity index (χ4v) is 3.24. The lowest BCUT2D eigenvalue weighted by Gasteiger charge is -2.41. The number of carbonyl (C=O) groups is 2. The van der Waals surface area contributed by atoms with Gasteiger partial charge in [0.15, 0.2) is 0 Å². The largest absolute Gasteiger partial charge is 0.375 e. The van der Waals surface area contributed by atoms with Gasteiger partial charge in [0.25, 0.3) is 0 Å². The van der Waals surface area contributed by atoms with Crippen LogP contribution in [0.3, 0.4) is 0 Å². The molecule has 0 bridgehead atoms. The Morgan fingerprint density at radius 1 is 1.24 bits per heavy atom. The lowest BCUT2D eigenvalue weighted by molar-refractivity contribution is -0.143. The van der Waals surface area contributed by atoms with Crippen LogP contribution in [0.4, 0.5) is 5.69 Å². The highest BCUT2D eigenvalue weighted by atomic mass is 16.2. The number of primary amides is 1. The maximum Gasteiger partial charge on any atom is 0.241 e. The van der Waals surface area contributed by atoms with E-state index < -0.39 is 11.9 Å². The number of nitrogens with two attached hydrogens (primary N) is 1. The van der Waals surface area contributed by atoms with Gasteiger partial charge in [-0.15, -0.1) is 0 Å². The number of para-hydroxylation sites is 1. The van der Waals surface area contributed by atoms with E-state index in [1.165, 1.54) is 0 Å². The van der Waals surface area contributed by atoms with Crippen molar-refractivity contribution in [3.05, 3.63) is 30.3 Å². The number of benzene rings is 1. The molecule has 6 nitrogen and oxygen atoms in total. The second-order valence-corrected chi connectivity index (χ2v) is 6.95. The van der Waals surface area contributed by atoms with Crippen molar-refractivity contribution in [1.29, 1.82) is 0 Å². The van der Waals surface area contributed by atoms with Crippen molar-refractivity contribution in [2.75, 3.05) is 38.1 Å². The SMILES string of the molecule is CC(C)N1CCN(C(=O)CCCN(C)c2ccccc2)C(C(N)=O)C1. The molecular formula is C19H30N4O2. The fraction of sp³-hybridized carbons (Fsp3) is 0.579. The molecule has 0 saturated carbocycles. The molecule has 2 rings (SSSR count). The van der Waals surface area contributed by atoms with E-state index >= 15 is 0 Å². The summed E-state index contributed by atoms with van der Waals surface area (Å²) in [4.78, 5) is 30.4. The number of piperazine rings is 1. The Morgan fingerprint density at radius 2 is 1.92 bits per heavy atom. The zero-order chi connectivity index (χ0) is 18.4. The molecular weight excluding hydrogens is 316 g/mol. The summed E-state index contributed by atoms with van der Waals surface area (Å²) in [6, 6.07) is 9.92. The first-order chi connectivity index (χ1) is 11.9. The molecule has 1 aliphatic rings. The first-order valence-electron chi connectivity index (χ1n) is 8.99. The number of carbonyl (C=O) groups excluding carboxylic acids is 2. The molecule has 1 fully saturated rings. The Hall–Kier alpha value is -2.08. The molecule has 138 valence electrons. The van der Waals surface area contributed by atoms with Crippen LogP contribution in [0.15, 0.2) is 30.3 Å². The van der Waals surface area contributed by atoms with Gasteiger partial charge in [-0.25, -0.2) is 0 Å². The standard InChI is InChI=1S/C19H30N4O2/c1-15(2)22-12-13-23(17(14-22)19(20)25)18(24)10-7-11-21(3)16-8-5-4-6-9-16/h4-6,8-9,15,17H,7,10-14H2,1-3H3,(H2,20,25). The summed E-state index contributed by atoms with van der Waals surface area (Å²) in [5.74, 6) is -0.395. The Labute approximate surface area is 150 Å². The van der Waals surface area contributed by atoms with Gasteiger partial charge < -0.3 is 15.5 Å². The van der Waals surface area contributed by atoms with Crippen LogP contribution in [0.1, 0.15) is 26.7 Å². The van der Waals surface area contributed by atoms with E-state index in [9.17, 15) is 9.59 Å². The highest BCUT2D eigenvalue weighted by Gasteiger charge is 2.34. The molecule has 1 atom stereocenters. The van der Waals surface area contributed by atoms with E-state index in [2.05, 4.69) is 35.8 Å². The van der Waals surface area contributed by atoms with Gasteiger partial charge in [-0.3, -0.25) is 14.5 Å². The Morgan fingerprint density at radius 3 is 2.52 bits per heavy atom. The van der Waals surface area contributed by atoms with Crippen LogP contribution in [-0.4, -0.2) is 66.9 Å². The number of nitrogens with zero attached hydrogens (tertiary/aromatic N) is 3. The zero-order valence-corrected chi connectivity index (χ0v) is 15.5. The van der Waals surface area contributed by atoms with E-state index in [0.717, 1.165) is 25.2 Å². The minimum absolute atomic E-state index is 0.0219. The molecule has 2 N–H and O–H groups in total. The van der Waals surface area contributed by atoms with E-state index in [4.69, 9.17) is 5.73 Å². The zero-order valence-electron chi connectivity index (χ0n) is 15.5. The van der Waals surface area contributed by atoms with Gasteiger partial charge in [-0.2, -0.15) is 0 Å². The van der Waals surface area contributed by atoms with Gasteiger partial charge in [-0.1, -0.05) is 18.2 Å². The first-order valence-corrected chi connectivity index (χ1v) is 8.99. The predicted molar refractivity (Wildman–Crippen MR) is 100 cm³/mol. The van der Waals surface area contributed by atoms with Gasteiger partial charge in [0, 0.05) is 51.4 Å². The third kappa shape index (κ3) is 5.19. The molecule has 1 aromatic carbocycles. The number of anilines is 1. The molecule has 1 aliphatic heterocycles. The molecule has 25 heavy (non-hydrogen) atoms. The minimum Gasteiger partial charge on any atom is -0.375 e. The third-order valence-electron chi connectivity index (χ3n) is 4.87. The summed E-state index contributed by atoms with van der Waals surface area (Å²) in [6.07, 6.45) is 1.18. The fourth-order valence-electron chi connectivity index (χ4n) is 3.24. The summed E-state index contributed by atoms with van der Waals surface area (Å²) in [6.45, 7) is 6.87. The average Bonchev–Trinajstić information content (AvgIpc) is 2.61. The second-order valence-electron chi connectivity index (χ2n) is 6.95. The van der Waals surface area contributed by atoms with Crippen molar-refractivity contribution < 1.29 is 9.59 Å². The summed E-state index contributed by atoms with van der Waals surface area (Å²) in [5.41, 5.74) is 6.68. The van der Waals surface area contributed by atoms with Crippen molar-refractivity contribution in [1.82, 2.24) is 9.80 Å². The lowest BCUT2D eigenvalue weighted by atomic mass is 10.1. The maximum absolute atomic E-state index is 12.6. The van der Waals surface area contributed by atoms with Gasteiger partial charge in [0.2, 0.25) is 11.8 Å². The molecule has 0 aromatic heterocycles. The van der Waals surface area contributed by atoms with Crippen LogP contribution in [-0.2, 0) is 9.59 Å². The average molecular weight is 346 g/mol. The van der Waals surface area contributed by atoms with Gasteiger partial charge in [-0.05, 0) is 32.4 Å². The van der Waals surface area contributed by atoms with Crippen molar-refractivity contribution in [3.8, 4) is 0 Å². The molecule has 0 aliphatic carbocycles. The molecule has 1 aromatic rings. The molecule has 0 radical (unpaired) electrons. The molecule has 2 amide bonds. The van der Waals surface area contributed by atoms with E-state index in [1.54, 1.807) is 4.90 Å². The van der Waals surface area contributed by atoms with E-state index in [-0.39, 0.29) is 5.91 Å². The van der Waals surface area contributed by atoms with Crippen molar-refractivity contribution >= 4 is 17.5 Å². The second kappa shape index (κ2) is 8.85. The van der Waals surface area contributed by atoms with Crippen LogP contribution >= 0.6 is 0 Å². The Bertz CT molecular complexity index is 576. The molecule has 1 unspecified atom stereocenters. The number of amides is 2. The first kappa shape index (κ1) is 19.2. The normalized spacial score (nSPS) is 18.4. The van der Waals surface area contributed by atoms with E-state index in [1.807, 2.05) is 25.2 Å². The molecule has 1 heterocycles. The smallest absolute Gasteiger partial charge is 0.241 e. The highest BCUT2D eigenvalue weighted by molar-refractivity contribution is 5.87.